The summed E-state index contributed by atoms with van der Waals surface area (Å²) in [5.41, 5.74) is 11.5. The lowest BCUT2D eigenvalue weighted by atomic mass is 9.91. The molecule has 4 rings (SSSR count). The number of amides is 7. The maximum atomic E-state index is 14.6. The van der Waals surface area contributed by atoms with Crippen LogP contribution in [0.15, 0.2) is 24.3 Å². The second-order valence-corrected chi connectivity index (χ2v) is 21.3. The smallest absolute Gasteiger partial charge is 0.248 e. The van der Waals surface area contributed by atoms with E-state index in [-0.39, 0.29) is 56.8 Å². The van der Waals surface area contributed by atoms with E-state index in [1.54, 1.807) is 0 Å². The van der Waals surface area contributed by atoms with E-state index >= 15 is 0 Å². The van der Waals surface area contributed by atoms with Gasteiger partial charge in [0.25, 0.3) is 0 Å². The molecule has 25 heteroatoms. The van der Waals surface area contributed by atoms with Crippen LogP contribution in [0.4, 0.5) is 0 Å². The highest BCUT2D eigenvalue weighted by Gasteiger charge is 2.49. The van der Waals surface area contributed by atoms with E-state index in [2.05, 4.69) is 52.7 Å². The maximum absolute atomic E-state index is 14.6. The van der Waals surface area contributed by atoms with Crippen LogP contribution in [0.3, 0.4) is 0 Å². The number of nitrogens with two attached hydrogens (primary N) is 2. The molecule has 0 bridgehead atoms. The molecule has 18 N–H and O–H groups in total. The molecule has 1 aromatic carbocycles. The van der Waals surface area contributed by atoms with E-state index in [1.165, 1.54) is 30.7 Å². The van der Waals surface area contributed by atoms with E-state index in [0.717, 1.165) is 55.2 Å². The van der Waals surface area contributed by atoms with Crippen LogP contribution in [-0.2, 0) is 33.6 Å². The molecule has 0 saturated carbocycles. The van der Waals surface area contributed by atoms with Gasteiger partial charge in [0.2, 0.25) is 41.4 Å². The van der Waals surface area contributed by atoms with E-state index in [9.17, 15) is 74.4 Å². The molecule has 25 nitrogen and oxygen atoms in total. The fraction of sp³-hybridized carbons (Fsp3) is 0.750. The first-order valence-corrected chi connectivity index (χ1v) is 27.3. The van der Waals surface area contributed by atoms with Gasteiger partial charge in [-0.3, -0.25) is 38.9 Å². The number of rotatable bonds is 23. The molecule has 3 saturated heterocycles. The van der Waals surface area contributed by atoms with Gasteiger partial charge in [-0.25, -0.2) is 0 Å². The van der Waals surface area contributed by atoms with Crippen molar-refractivity contribution in [3.05, 3.63) is 29.8 Å². The molecule has 1 aromatic rings. The zero-order chi connectivity index (χ0) is 57.1. The number of aliphatic hydroxyl groups is 7. The fourth-order valence-corrected chi connectivity index (χ4v) is 10.2. The van der Waals surface area contributed by atoms with Gasteiger partial charge in [0.05, 0.1) is 30.5 Å². The van der Waals surface area contributed by atoms with Gasteiger partial charge in [0.15, 0.2) is 0 Å². The largest absolute Gasteiger partial charge is 0.508 e. The highest BCUT2D eigenvalue weighted by atomic mass is 16.3. The number of carbonyl (C=O) groups is 7. The number of hydrogen-bond donors (Lipinski definition) is 16. The summed E-state index contributed by atoms with van der Waals surface area (Å²) >= 11 is 0. The third kappa shape index (κ3) is 18.8. The molecule has 0 aromatic heterocycles. The van der Waals surface area contributed by atoms with Crippen molar-refractivity contribution in [2.45, 2.75) is 203 Å². The Hall–Kier alpha value is -5.09. The molecule has 77 heavy (non-hydrogen) atoms. The summed E-state index contributed by atoms with van der Waals surface area (Å²) < 4.78 is 0. The van der Waals surface area contributed by atoms with Gasteiger partial charge in [-0.15, -0.1) is 0 Å². The summed E-state index contributed by atoms with van der Waals surface area (Å²) in [6.07, 6.45) is -6.95. The Morgan fingerprint density at radius 3 is 1.97 bits per heavy atom. The number of nitrogens with zero attached hydrogens (tertiary/aromatic N) is 2. The lowest BCUT2D eigenvalue weighted by Crippen LogP contribution is -2.65. The topological polar surface area (TPSA) is 412 Å². The van der Waals surface area contributed by atoms with Gasteiger partial charge in [0, 0.05) is 45.4 Å². The van der Waals surface area contributed by atoms with Crippen LogP contribution in [-0.4, -0.2) is 204 Å². The van der Waals surface area contributed by atoms with Crippen LogP contribution in [0.25, 0.3) is 0 Å². The molecule has 436 valence electrons. The standard InChI is InChI=1S/C52H88N10O15/c1-5-28(2)24-29(3)12-10-8-6-7-9-11-13-39(69)56-34-26-38(68)46(55-22-21-54)60-50(75)43-37(67)19-23-61(43)52(77)41(36(66)18-20-53)58-49(74)42(45(71)44(70)31-14-16-32(64)17-15-31)59-48(73)35-25-33(65)27-62(35)51(76)40(30(4)63)57-47(34)72/h14-17,28-30,33-38,40-46,55,63-68,70-71H,5-13,18-27,53-54H2,1-4H3,(H,56,69)(H,57,72)(H,58,74)(H,59,73)(H,60,75)/t28?,29?,30-,33-,34?,35?,36-,37+,38+,40?,41?,42?,43?,44+,45+,46+/m1/s1. The number of aromatic hydroxyl groups is 1. The summed E-state index contributed by atoms with van der Waals surface area (Å²) in [5, 5.41) is 104. The molecule has 3 heterocycles. The number of unbranched alkanes of at least 4 members (excludes halogenated alkanes) is 5. The monoisotopic (exact) mass is 1090 g/mol. The number of phenolic OH excluding ortho intramolecular Hbond substituents is 1. The van der Waals surface area contributed by atoms with Gasteiger partial charge >= 0.3 is 0 Å². The number of hydrogen-bond acceptors (Lipinski definition) is 18. The number of carbonyl (C=O) groups excluding carboxylic acids is 7. The molecular weight excluding hydrogens is 1000 g/mol. The number of aliphatic hydroxyl groups excluding tert-OH is 7. The molecule has 0 radical (unpaired) electrons. The number of nitrogens with one attached hydrogen (secondary N) is 6. The molecule has 0 spiro atoms. The zero-order valence-corrected chi connectivity index (χ0v) is 45.0. The molecule has 3 aliphatic rings. The Kier molecular flexibility index (Phi) is 26.4. The van der Waals surface area contributed by atoms with Crippen LogP contribution in [0.1, 0.15) is 129 Å². The SMILES string of the molecule is CCC(C)CC(C)CCCCCCCCC(=O)NC1C[C@H](O)[C@@H](NCCN)NC(=O)C2[C@@H](O)CCN2C(=O)C([C@H](O)CCN)NC(=O)C([C@H](O)[C@@H](O)c2ccc(O)cc2)NC(=O)C2C[C@@H](O)CN2C(=O)C([C@@H](C)O)NC1=O. The molecule has 3 fully saturated rings. The summed E-state index contributed by atoms with van der Waals surface area (Å²) in [7, 11) is 0. The number of fused-ring (bicyclic) bond motifs is 2. The molecule has 7 amide bonds. The van der Waals surface area contributed by atoms with Crippen molar-refractivity contribution in [2.24, 2.45) is 23.3 Å². The third-order valence-corrected chi connectivity index (χ3v) is 14.9. The fourth-order valence-electron chi connectivity index (χ4n) is 10.2. The predicted molar refractivity (Wildman–Crippen MR) is 280 cm³/mol. The van der Waals surface area contributed by atoms with Crippen LogP contribution >= 0.6 is 0 Å². The Morgan fingerprint density at radius 2 is 1.34 bits per heavy atom. The van der Waals surface area contributed by atoms with Gasteiger partial charge in [0.1, 0.15) is 60.4 Å². The van der Waals surface area contributed by atoms with Crippen molar-refractivity contribution in [3.63, 3.8) is 0 Å². The number of benzene rings is 1. The van der Waals surface area contributed by atoms with E-state index in [4.69, 9.17) is 11.5 Å². The highest BCUT2D eigenvalue weighted by molar-refractivity contribution is 5.98. The summed E-state index contributed by atoms with van der Waals surface area (Å²) in [5.74, 6) is -6.43. The third-order valence-electron chi connectivity index (χ3n) is 14.9. The average Bonchev–Trinajstić information content (AvgIpc) is 3.99. The predicted octanol–water partition coefficient (Wildman–Crippen LogP) is -3.31. The maximum Gasteiger partial charge on any atom is 0.248 e. The molecule has 0 aliphatic carbocycles. The zero-order valence-electron chi connectivity index (χ0n) is 45.0. The highest BCUT2D eigenvalue weighted by Crippen LogP contribution is 2.27. The first kappa shape index (κ1) is 64.4. The van der Waals surface area contributed by atoms with Crippen LogP contribution in [0.5, 0.6) is 5.75 Å². The minimum absolute atomic E-state index is 0.0257. The van der Waals surface area contributed by atoms with Crippen LogP contribution in [0.2, 0.25) is 0 Å². The lowest BCUT2D eigenvalue weighted by molar-refractivity contribution is -0.148. The lowest BCUT2D eigenvalue weighted by Gasteiger charge is -2.35. The van der Waals surface area contributed by atoms with Crippen molar-refractivity contribution < 1.29 is 74.4 Å². The molecular formula is C52H88N10O15. The first-order chi connectivity index (χ1) is 36.5. The van der Waals surface area contributed by atoms with Crippen molar-refractivity contribution in [1.29, 1.82) is 0 Å². The Labute approximate surface area is 450 Å². The minimum Gasteiger partial charge on any atom is -0.508 e. The van der Waals surface area contributed by atoms with Crippen LogP contribution in [0, 0.1) is 11.8 Å². The Bertz CT molecular complexity index is 2070. The average molecular weight is 1090 g/mol. The van der Waals surface area contributed by atoms with Crippen molar-refractivity contribution in [2.75, 3.05) is 32.7 Å². The molecule has 8 unspecified atom stereocenters. The Morgan fingerprint density at radius 1 is 0.714 bits per heavy atom. The van der Waals surface area contributed by atoms with Crippen LogP contribution < -0.4 is 43.4 Å². The van der Waals surface area contributed by atoms with E-state index < -0.39 is 146 Å². The van der Waals surface area contributed by atoms with Crippen molar-refractivity contribution >= 4 is 41.4 Å². The minimum atomic E-state index is -2.28. The van der Waals surface area contributed by atoms with E-state index in [1.807, 2.05) is 0 Å². The number of phenols is 1. The first-order valence-electron chi connectivity index (χ1n) is 27.3. The van der Waals surface area contributed by atoms with Crippen molar-refractivity contribution in [3.8, 4) is 5.75 Å². The normalized spacial score (nSPS) is 28.6. The van der Waals surface area contributed by atoms with Gasteiger partial charge < -0.3 is 88.7 Å². The second kappa shape index (κ2) is 31.5. The summed E-state index contributed by atoms with van der Waals surface area (Å²) in [6.45, 7) is 6.73. The summed E-state index contributed by atoms with van der Waals surface area (Å²) in [4.78, 5) is 102. The van der Waals surface area contributed by atoms with Gasteiger partial charge in [-0.05, 0) is 68.7 Å². The quantitative estimate of drug-likeness (QED) is 0.0477. The van der Waals surface area contributed by atoms with E-state index in [0.29, 0.717) is 24.7 Å². The van der Waals surface area contributed by atoms with Crippen molar-refractivity contribution in [1.82, 2.24) is 41.7 Å². The van der Waals surface area contributed by atoms with Gasteiger partial charge in [-0.1, -0.05) is 77.8 Å². The molecule has 16 atom stereocenters. The van der Waals surface area contributed by atoms with Gasteiger partial charge in [-0.2, -0.15) is 0 Å². The second-order valence-electron chi connectivity index (χ2n) is 21.3. The molecule has 3 aliphatic heterocycles. The Balaban J connectivity index is 1.73. The summed E-state index contributed by atoms with van der Waals surface area (Å²) in [6, 6.07) is -6.40.